The van der Waals surface area contributed by atoms with Gasteiger partial charge in [-0.15, -0.1) is 13.2 Å². The van der Waals surface area contributed by atoms with E-state index in [1.165, 1.54) is 0 Å². The van der Waals surface area contributed by atoms with Crippen LogP contribution in [0.15, 0.2) is 29.5 Å². The average molecular weight is 429 g/mol. The maximum absolute atomic E-state index is 13.5. The Balaban J connectivity index is 2.67. The van der Waals surface area contributed by atoms with Crippen LogP contribution in [0.5, 0.6) is 5.75 Å². The molecule has 1 heterocycles. The lowest BCUT2D eigenvalue weighted by molar-refractivity contribution is -0.274. The van der Waals surface area contributed by atoms with Crippen LogP contribution in [0.2, 0.25) is 0 Å². The van der Waals surface area contributed by atoms with E-state index in [4.69, 9.17) is 4.74 Å². The fourth-order valence-corrected chi connectivity index (χ4v) is 2.51. The molecule has 160 valence electrons. The molecule has 7 nitrogen and oxygen atoms in total. The highest BCUT2D eigenvalue weighted by atomic mass is 19.4. The summed E-state index contributed by atoms with van der Waals surface area (Å²) < 4.78 is 95.2. The molecule has 1 aliphatic heterocycles. The van der Waals surface area contributed by atoms with Gasteiger partial charge in [0.05, 0.1) is 37.7 Å². The molecule has 0 N–H and O–H groups in total. The van der Waals surface area contributed by atoms with Gasteiger partial charge in [0.15, 0.2) is 0 Å². The van der Waals surface area contributed by atoms with E-state index in [0.29, 0.717) is 17.0 Å². The van der Waals surface area contributed by atoms with Crippen molar-refractivity contribution in [2.45, 2.75) is 12.5 Å². The second kappa shape index (κ2) is 8.19. The Morgan fingerprint density at radius 2 is 1.66 bits per heavy atom. The molecular formula is C16H13F6NO6. The zero-order valence-corrected chi connectivity index (χ0v) is 14.8. The van der Waals surface area contributed by atoms with E-state index >= 15 is 0 Å². The number of carbonyl (C=O) groups excluding carboxylic acids is 2. The molecule has 1 aliphatic rings. The average Bonchev–Trinajstić information content (AvgIpc) is 2.64. The molecule has 0 radical (unpaired) electrons. The summed E-state index contributed by atoms with van der Waals surface area (Å²) in [7, 11) is 1.91. The van der Waals surface area contributed by atoms with Gasteiger partial charge in [0.1, 0.15) is 18.2 Å². The summed E-state index contributed by atoms with van der Waals surface area (Å²) in [4.78, 5) is 24.7. The molecule has 0 atom stereocenters. The SMILES string of the molecule is COC(=O)C1=C(C(=O)OC)N(c2ccc(OC(F)(F)F)cc2C(F)(F)F)COC1. The van der Waals surface area contributed by atoms with Crippen LogP contribution in [0.3, 0.4) is 0 Å². The van der Waals surface area contributed by atoms with Crippen LogP contribution in [0.1, 0.15) is 5.56 Å². The Morgan fingerprint density at radius 3 is 2.17 bits per heavy atom. The first kappa shape index (κ1) is 22.3. The summed E-state index contributed by atoms with van der Waals surface area (Å²) in [5.74, 6) is -3.35. The normalized spacial score (nSPS) is 15.2. The van der Waals surface area contributed by atoms with Crippen molar-refractivity contribution in [3.8, 4) is 5.75 Å². The number of benzene rings is 1. The van der Waals surface area contributed by atoms with Gasteiger partial charge in [-0.05, 0) is 18.2 Å². The van der Waals surface area contributed by atoms with Crippen LogP contribution >= 0.6 is 0 Å². The number of hydrogen-bond donors (Lipinski definition) is 0. The molecule has 0 fully saturated rings. The monoisotopic (exact) mass is 429 g/mol. The second-order valence-electron chi connectivity index (χ2n) is 5.44. The Bertz CT molecular complexity index is 832. The van der Waals surface area contributed by atoms with Gasteiger partial charge in [0, 0.05) is 0 Å². The number of nitrogens with zero attached hydrogens (tertiary/aromatic N) is 1. The summed E-state index contributed by atoms with van der Waals surface area (Å²) in [6.07, 6.45) is -10.3. The fraction of sp³-hybridized carbons (Fsp3) is 0.375. The van der Waals surface area contributed by atoms with E-state index < -0.39 is 66.1 Å². The third-order valence-corrected chi connectivity index (χ3v) is 3.63. The van der Waals surface area contributed by atoms with Crippen molar-refractivity contribution in [1.82, 2.24) is 0 Å². The first-order chi connectivity index (χ1) is 13.4. The van der Waals surface area contributed by atoms with Gasteiger partial charge in [0.25, 0.3) is 0 Å². The predicted octanol–water partition coefficient (Wildman–Crippen LogP) is 3.00. The van der Waals surface area contributed by atoms with Crippen LogP contribution < -0.4 is 9.64 Å². The lowest BCUT2D eigenvalue weighted by Crippen LogP contribution is -2.39. The Morgan fingerprint density at radius 1 is 1.03 bits per heavy atom. The number of anilines is 1. The predicted molar refractivity (Wildman–Crippen MR) is 82.5 cm³/mol. The Kier molecular flexibility index (Phi) is 6.30. The molecule has 0 saturated heterocycles. The van der Waals surface area contributed by atoms with E-state index in [-0.39, 0.29) is 6.07 Å². The number of carbonyl (C=O) groups is 2. The van der Waals surface area contributed by atoms with Crippen molar-refractivity contribution >= 4 is 17.6 Å². The Hall–Kier alpha value is -2.96. The van der Waals surface area contributed by atoms with Crippen LogP contribution in [0.25, 0.3) is 0 Å². The molecule has 0 aromatic heterocycles. The molecule has 0 unspecified atom stereocenters. The minimum absolute atomic E-state index is 0.115. The van der Waals surface area contributed by atoms with Crippen molar-refractivity contribution in [1.29, 1.82) is 0 Å². The number of halogens is 6. The second-order valence-corrected chi connectivity index (χ2v) is 5.44. The molecule has 13 heteroatoms. The van der Waals surface area contributed by atoms with E-state index in [2.05, 4.69) is 14.2 Å². The molecular weight excluding hydrogens is 416 g/mol. The largest absolute Gasteiger partial charge is 0.573 e. The number of rotatable bonds is 4. The van der Waals surface area contributed by atoms with Gasteiger partial charge in [-0.1, -0.05) is 0 Å². The van der Waals surface area contributed by atoms with Crippen molar-refractivity contribution < 1.29 is 54.9 Å². The van der Waals surface area contributed by atoms with Crippen molar-refractivity contribution in [3.63, 3.8) is 0 Å². The fourth-order valence-electron chi connectivity index (χ4n) is 2.51. The van der Waals surface area contributed by atoms with E-state index in [9.17, 15) is 35.9 Å². The molecule has 0 aliphatic carbocycles. The van der Waals surface area contributed by atoms with Gasteiger partial charge < -0.3 is 23.8 Å². The first-order valence-electron chi connectivity index (χ1n) is 7.61. The minimum atomic E-state index is -5.21. The van der Waals surface area contributed by atoms with Crippen LogP contribution in [-0.4, -0.2) is 45.9 Å². The molecule has 2 rings (SSSR count). The Labute approximate surface area is 159 Å². The summed E-state index contributed by atoms with van der Waals surface area (Å²) in [6.45, 7) is -1.07. The molecule has 0 spiro atoms. The zero-order valence-electron chi connectivity index (χ0n) is 14.8. The van der Waals surface area contributed by atoms with Crippen LogP contribution in [0, 0.1) is 0 Å². The summed E-state index contributed by atoms with van der Waals surface area (Å²) >= 11 is 0. The molecule has 1 aromatic carbocycles. The lowest BCUT2D eigenvalue weighted by Gasteiger charge is -2.33. The number of esters is 2. The van der Waals surface area contributed by atoms with Gasteiger partial charge in [-0.25, -0.2) is 9.59 Å². The number of alkyl halides is 6. The van der Waals surface area contributed by atoms with Gasteiger partial charge in [-0.2, -0.15) is 13.2 Å². The van der Waals surface area contributed by atoms with Gasteiger partial charge in [0.2, 0.25) is 0 Å². The number of methoxy groups -OCH3 is 2. The molecule has 29 heavy (non-hydrogen) atoms. The molecule has 0 saturated carbocycles. The molecule has 1 aromatic rings. The molecule has 0 bridgehead atoms. The highest BCUT2D eigenvalue weighted by Gasteiger charge is 2.40. The van der Waals surface area contributed by atoms with Crippen molar-refractivity contribution in [2.24, 2.45) is 0 Å². The van der Waals surface area contributed by atoms with Crippen LogP contribution in [0.4, 0.5) is 32.0 Å². The van der Waals surface area contributed by atoms with E-state index in [1.54, 1.807) is 0 Å². The first-order valence-corrected chi connectivity index (χ1v) is 7.61. The maximum atomic E-state index is 13.5. The lowest BCUT2D eigenvalue weighted by atomic mass is 10.1. The van der Waals surface area contributed by atoms with E-state index in [0.717, 1.165) is 14.2 Å². The number of ether oxygens (including phenoxy) is 4. The van der Waals surface area contributed by atoms with Crippen LogP contribution in [-0.2, 0) is 30.0 Å². The molecule has 0 amide bonds. The minimum Gasteiger partial charge on any atom is -0.466 e. The topological polar surface area (TPSA) is 74.3 Å². The summed E-state index contributed by atoms with van der Waals surface area (Å²) in [5.41, 5.74) is -3.33. The van der Waals surface area contributed by atoms with Crippen molar-refractivity contribution in [2.75, 3.05) is 32.5 Å². The quantitative estimate of drug-likeness (QED) is 0.538. The zero-order chi connectivity index (χ0) is 22.0. The van der Waals surface area contributed by atoms with Gasteiger partial charge in [-0.3, -0.25) is 0 Å². The summed E-state index contributed by atoms with van der Waals surface area (Å²) in [6, 6.07) is 1.39. The van der Waals surface area contributed by atoms with Gasteiger partial charge >= 0.3 is 24.5 Å². The maximum Gasteiger partial charge on any atom is 0.573 e. The summed E-state index contributed by atoms with van der Waals surface area (Å²) in [5, 5.41) is 0. The number of hydrogen-bond acceptors (Lipinski definition) is 7. The van der Waals surface area contributed by atoms with E-state index in [1.807, 2.05) is 0 Å². The highest BCUT2D eigenvalue weighted by molar-refractivity contribution is 6.03. The third-order valence-electron chi connectivity index (χ3n) is 3.63. The third kappa shape index (κ3) is 5.10. The highest BCUT2D eigenvalue weighted by Crippen LogP contribution is 2.41. The standard InChI is InChI=1S/C16H13F6NO6/c1-26-13(24)9-6-28-7-23(12(9)14(25)27-2)11-4-3-8(29-16(20,21)22)5-10(11)15(17,18)19/h3-5H,6-7H2,1-2H3. The van der Waals surface area contributed by atoms with Crippen molar-refractivity contribution in [3.05, 3.63) is 35.0 Å². The smallest absolute Gasteiger partial charge is 0.466 e.